The maximum absolute atomic E-state index is 12.5. The smallest absolute Gasteiger partial charge is 0.243 e. The predicted molar refractivity (Wildman–Crippen MR) is 78.9 cm³/mol. The fourth-order valence-electron chi connectivity index (χ4n) is 2.00. The molecule has 0 radical (unpaired) electrons. The van der Waals surface area contributed by atoms with E-state index in [4.69, 9.17) is 0 Å². The predicted octanol–water partition coefficient (Wildman–Crippen LogP) is 2.28. The van der Waals surface area contributed by atoms with Gasteiger partial charge in [0.2, 0.25) is 10.0 Å². The van der Waals surface area contributed by atoms with Gasteiger partial charge >= 0.3 is 0 Å². The molecule has 19 heavy (non-hydrogen) atoms. The van der Waals surface area contributed by atoms with Crippen LogP contribution in [0.1, 0.15) is 31.1 Å². The molecule has 108 valence electrons. The largest absolute Gasteiger partial charge is 0.312 e. The van der Waals surface area contributed by atoms with Crippen LogP contribution in [0.15, 0.2) is 16.3 Å². The van der Waals surface area contributed by atoms with Crippen LogP contribution in [0, 0.1) is 5.92 Å². The van der Waals surface area contributed by atoms with Gasteiger partial charge in [-0.15, -0.1) is 11.3 Å². The maximum Gasteiger partial charge on any atom is 0.243 e. The highest BCUT2D eigenvalue weighted by Crippen LogP contribution is 2.32. The minimum absolute atomic E-state index is 0.476. The number of hydrogen-bond acceptors (Lipinski definition) is 4. The molecule has 2 rings (SSSR count). The van der Waals surface area contributed by atoms with Crippen LogP contribution in [0.2, 0.25) is 0 Å². The van der Waals surface area contributed by atoms with Gasteiger partial charge in [0, 0.05) is 25.0 Å². The quantitative estimate of drug-likeness (QED) is 0.750. The second-order valence-electron chi connectivity index (χ2n) is 5.11. The average molecular weight is 302 g/mol. The first-order valence-electron chi connectivity index (χ1n) is 6.79. The number of hydrogen-bond donors (Lipinski definition) is 1. The lowest BCUT2D eigenvalue weighted by Gasteiger charge is -2.17. The van der Waals surface area contributed by atoms with Crippen molar-refractivity contribution >= 4 is 21.4 Å². The summed E-state index contributed by atoms with van der Waals surface area (Å²) in [4.78, 5) is 1.39. The summed E-state index contributed by atoms with van der Waals surface area (Å²) in [5.74, 6) is 0.570. The molecule has 6 heteroatoms. The van der Waals surface area contributed by atoms with Crippen LogP contribution in [0.3, 0.4) is 0 Å². The molecule has 4 nitrogen and oxygen atoms in total. The number of thiophene rings is 1. The van der Waals surface area contributed by atoms with Gasteiger partial charge in [-0.2, -0.15) is 0 Å². The van der Waals surface area contributed by atoms with Crippen molar-refractivity contribution in [2.24, 2.45) is 5.92 Å². The molecule has 1 aromatic rings. The highest BCUT2D eigenvalue weighted by molar-refractivity contribution is 7.89. The summed E-state index contributed by atoms with van der Waals surface area (Å²) in [5, 5.41) is 5.13. The van der Waals surface area contributed by atoms with Crippen LogP contribution >= 0.6 is 11.3 Å². The molecule has 0 unspecified atom stereocenters. The van der Waals surface area contributed by atoms with E-state index in [0.717, 1.165) is 30.7 Å². The normalized spacial score (nSPS) is 16.2. The number of nitrogens with one attached hydrogen (secondary N) is 1. The van der Waals surface area contributed by atoms with Crippen LogP contribution in [-0.4, -0.2) is 32.9 Å². The summed E-state index contributed by atoms with van der Waals surface area (Å²) >= 11 is 1.51. The van der Waals surface area contributed by atoms with E-state index in [1.54, 1.807) is 13.1 Å². The van der Waals surface area contributed by atoms with Crippen LogP contribution in [0.25, 0.3) is 0 Å². The summed E-state index contributed by atoms with van der Waals surface area (Å²) in [7, 11) is -1.63. The minimum atomic E-state index is -3.31. The zero-order valence-electron chi connectivity index (χ0n) is 11.6. The van der Waals surface area contributed by atoms with Crippen LogP contribution in [-0.2, 0) is 16.6 Å². The Balaban J connectivity index is 2.08. The highest BCUT2D eigenvalue weighted by Gasteiger charge is 2.30. The van der Waals surface area contributed by atoms with Crippen molar-refractivity contribution in [1.82, 2.24) is 9.62 Å². The van der Waals surface area contributed by atoms with E-state index in [9.17, 15) is 8.42 Å². The van der Waals surface area contributed by atoms with Gasteiger partial charge in [-0.1, -0.05) is 6.92 Å². The van der Waals surface area contributed by atoms with Gasteiger partial charge in [-0.25, -0.2) is 12.7 Å². The molecule has 1 aliphatic carbocycles. The zero-order chi connectivity index (χ0) is 13.9. The van der Waals surface area contributed by atoms with Crippen LogP contribution in [0.5, 0.6) is 0 Å². The maximum atomic E-state index is 12.5. The van der Waals surface area contributed by atoms with E-state index in [-0.39, 0.29) is 0 Å². The van der Waals surface area contributed by atoms with Crippen molar-refractivity contribution in [1.29, 1.82) is 0 Å². The van der Waals surface area contributed by atoms with Crippen LogP contribution in [0.4, 0.5) is 0 Å². The Hall–Kier alpha value is -0.430. The summed E-state index contributed by atoms with van der Waals surface area (Å²) in [6.07, 6.45) is 3.37. The Kier molecular flexibility index (Phi) is 5.00. The van der Waals surface area contributed by atoms with Crippen molar-refractivity contribution in [2.45, 2.75) is 37.6 Å². The molecule has 1 heterocycles. The molecule has 0 saturated heterocycles. The summed E-state index contributed by atoms with van der Waals surface area (Å²) in [6.45, 7) is 4.30. The van der Waals surface area contributed by atoms with E-state index >= 15 is 0 Å². The number of nitrogens with zero attached hydrogens (tertiary/aromatic N) is 1. The van der Waals surface area contributed by atoms with E-state index in [0.29, 0.717) is 23.9 Å². The van der Waals surface area contributed by atoms with Gasteiger partial charge in [0.25, 0.3) is 0 Å². The second kappa shape index (κ2) is 6.35. The topological polar surface area (TPSA) is 49.4 Å². The first kappa shape index (κ1) is 15.0. The van der Waals surface area contributed by atoms with E-state index < -0.39 is 10.0 Å². The molecule has 0 aliphatic heterocycles. The highest BCUT2D eigenvalue weighted by atomic mass is 32.2. The molecule has 0 bridgehead atoms. The molecule has 0 amide bonds. The minimum Gasteiger partial charge on any atom is -0.312 e. The fourth-order valence-corrected chi connectivity index (χ4v) is 4.62. The summed E-state index contributed by atoms with van der Waals surface area (Å²) in [6, 6.07) is 1.73. The van der Waals surface area contributed by atoms with E-state index in [2.05, 4.69) is 12.2 Å². The molecule has 1 fully saturated rings. The molecular weight excluding hydrogens is 280 g/mol. The van der Waals surface area contributed by atoms with Gasteiger partial charge < -0.3 is 5.32 Å². The first-order valence-corrected chi connectivity index (χ1v) is 9.11. The lowest BCUT2D eigenvalue weighted by molar-refractivity contribution is 0.452. The Morgan fingerprint density at radius 2 is 2.21 bits per heavy atom. The third kappa shape index (κ3) is 3.78. The Labute approximate surface area is 119 Å². The fraction of sp³-hybridized carbons (Fsp3) is 0.692. The zero-order valence-corrected chi connectivity index (χ0v) is 13.2. The summed E-state index contributed by atoms with van der Waals surface area (Å²) < 4.78 is 26.5. The molecule has 1 aromatic heterocycles. The monoisotopic (exact) mass is 302 g/mol. The van der Waals surface area contributed by atoms with E-state index in [1.807, 2.05) is 5.38 Å². The average Bonchev–Trinajstić information content (AvgIpc) is 3.05. The van der Waals surface area contributed by atoms with Crippen molar-refractivity contribution in [2.75, 3.05) is 20.1 Å². The van der Waals surface area contributed by atoms with Gasteiger partial charge in [0.15, 0.2) is 0 Å². The third-order valence-electron chi connectivity index (χ3n) is 3.32. The first-order chi connectivity index (χ1) is 9.05. The number of rotatable bonds is 8. The lowest BCUT2D eigenvalue weighted by Crippen LogP contribution is -2.29. The standard InChI is InChI=1S/C13H22N2O2S2/c1-3-7-14-9-12-13(6-8-18-12)19(16,17)15(2)10-11-4-5-11/h6,8,11,14H,3-5,7,9-10H2,1-2H3. The summed E-state index contributed by atoms with van der Waals surface area (Å²) in [5.41, 5.74) is 0. The SMILES string of the molecule is CCCNCc1sccc1S(=O)(=O)N(C)CC1CC1. The molecule has 0 aromatic carbocycles. The van der Waals surface area contributed by atoms with Crippen molar-refractivity contribution in [3.05, 3.63) is 16.3 Å². The lowest BCUT2D eigenvalue weighted by atomic mass is 10.4. The molecular formula is C13H22N2O2S2. The second-order valence-corrected chi connectivity index (χ2v) is 8.13. The van der Waals surface area contributed by atoms with Gasteiger partial charge in [-0.05, 0) is 43.2 Å². The number of sulfonamides is 1. The van der Waals surface area contributed by atoms with Crippen molar-refractivity contribution in [3.63, 3.8) is 0 Å². The van der Waals surface area contributed by atoms with Crippen LogP contribution < -0.4 is 5.32 Å². The molecule has 1 N–H and O–H groups in total. The Morgan fingerprint density at radius 1 is 1.47 bits per heavy atom. The third-order valence-corrected chi connectivity index (χ3v) is 6.28. The Morgan fingerprint density at radius 3 is 2.84 bits per heavy atom. The molecule has 0 atom stereocenters. The molecule has 1 aliphatic rings. The van der Waals surface area contributed by atoms with Crippen molar-refractivity contribution < 1.29 is 8.42 Å². The van der Waals surface area contributed by atoms with E-state index in [1.165, 1.54) is 15.6 Å². The van der Waals surface area contributed by atoms with Gasteiger partial charge in [0.1, 0.15) is 0 Å². The van der Waals surface area contributed by atoms with Crippen molar-refractivity contribution in [3.8, 4) is 0 Å². The van der Waals surface area contributed by atoms with Gasteiger partial charge in [-0.3, -0.25) is 0 Å². The Bertz CT molecular complexity index is 506. The molecule has 0 spiro atoms. The molecule has 1 saturated carbocycles. The van der Waals surface area contributed by atoms with Gasteiger partial charge in [0.05, 0.1) is 4.90 Å².